The van der Waals surface area contributed by atoms with Crippen molar-refractivity contribution in [2.24, 2.45) is 0 Å². The largest absolute Gasteiger partial charge is 0.388 e. The molecule has 0 spiro atoms. The van der Waals surface area contributed by atoms with Crippen LogP contribution in [0.2, 0.25) is 0 Å². The van der Waals surface area contributed by atoms with Gasteiger partial charge in [0.15, 0.2) is 0 Å². The van der Waals surface area contributed by atoms with Crippen molar-refractivity contribution in [2.75, 3.05) is 0 Å². The Balaban J connectivity index is 1.83. The van der Waals surface area contributed by atoms with Gasteiger partial charge >= 0.3 is 0 Å². The lowest BCUT2D eigenvalue weighted by molar-refractivity contribution is -0.0501. The van der Waals surface area contributed by atoms with Gasteiger partial charge in [0, 0.05) is 12.4 Å². The SMILES string of the molecule is Cc1nccnc1-c1cn(CC2(O)CCC2)nn1. The maximum absolute atomic E-state index is 10.1. The van der Waals surface area contributed by atoms with Gasteiger partial charge < -0.3 is 5.11 Å². The van der Waals surface area contributed by atoms with Crippen LogP contribution in [0.4, 0.5) is 0 Å². The van der Waals surface area contributed by atoms with Crippen LogP contribution in [0, 0.1) is 6.92 Å². The molecule has 0 bridgehead atoms. The molecule has 2 aromatic heterocycles. The molecule has 0 atom stereocenters. The summed E-state index contributed by atoms with van der Waals surface area (Å²) in [7, 11) is 0. The molecule has 3 rings (SSSR count). The van der Waals surface area contributed by atoms with E-state index in [9.17, 15) is 5.11 Å². The maximum atomic E-state index is 10.1. The molecule has 0 radical (unpaired) electrons. The minimum atomic E-state index is -0.595. The van der Waals surface area contributed by atoms with Gasteiger partial charge in [-0.25, -0.2) is 4.68 Å². The highest BCUT2D eigenvalue weighted by Gasteiger charge is 2.35. The number of aryl methyl sites for hydroxylation is 1. The van der Waals surface area contributed by atoms with Gasteiger partial charge in [0.25, 0.3) is 0 Å². The molecule has 1 aliphatic carbocycles. The molecule has 0 amide bonds. The van der Waals surface area contributed by atoms with E-state index in [-0.39, 0.29) is 0 Å². The van der Waals surface area contributed by atoms with Gasteiger partial charge in [0.05, 0.1) is 24.0 Å². The van der Waals surface area contributed by atoms with Crippen LogP contribution in [-0.4, -0.2) is 35.7 Å². The Morgan fingerprint density at radius 1 is 1.33 bits per heavy atom. The smallest absolute Gasteiger partial charge is 0.133 e. The van der Waals surface area contributed by atoms with Crippen molar-refractivity contribution in [3.05, 3.63) is 24.3 Å². The van der Waals surface area contributed by atoms with Crippen molar-refractivity contribution in [1.29, 1.82) is 0 Å². The van der Waals surface area contributed by atoms with Gasteiger partial charge in [-0.2, -0.15) is 0 Å². The summed E-state index contributed by atoms with van der Waals surface area (Å²) >= 11 is 0. The molecular formula is C12H15N5O. The van der Waals surface area contributed by atoms with Gasteiger partial charge in [-0.05, 0) is 26.2 Å². The Morgan fingerprint density at radius 3 is 2.78 bits per heavy atom. The Labute approximate surface area is 105 Å². The van der Waals surface area contributed by atoms with Gasteiger partial charge in [-0.15, -0.1) is 5.10 Å². The average Bonchev–Trinajstić information content (AvgIpc) is 2.76. The fourth-order valence-electron chi connectivity index (χ4n) is 2.19. The quantitative estimate of drug-likeness (QED) is 0.871. The molecular weight excluding hydrogens is 230 g/mol. The highest BCUT2D eigenvalue weighted by molar-refractivity contribution is 5.54. The fourth-order valence-corrected chi connectivity index (χ4v) is 2.19. The molecule has 0 unspecified atom stereocenters. The predicted octanol–water partition coefficient (Wildman–Crippen LogP) is 0.959. The van der Waals surface area contributed by atoms with Gasteiger partial charge in [-0.1, -0.05) is 5.21 Å². The van der Waals surface area contributed by atoms with Crippen molar-refractivity contribution < 1.29 is 5.11 Å². The zero-order valence-electron chi connectivity index (χ0n) is 10.2. The fraction of sp³-hybridized carbons (Fsp3) is 0.500. The number of hydrogen-bond acceptors (Lipinski definition) is 5. The number of aliphatic hydroxyl groups is 1. The molecule has 1 fully saturated rings. The monoisotopic (exact) mass is 245 g/mol. The van der Waals surface area contributed by atoms with Crippen molar-refractivity contribution in [1.82, 2.24) is 25.0 Å². The summed E-state index contributed by atoms with van der Waals surface area (Å²) < 4.78 is 1.68. The summed E-state index contributed by atoms with van der Waals surface area (Å²) in [5.41, 5.74) is 1.67. The topological polar surface area (TPSA) is 76.7 Å². The summed E-state index contributed by atoms with van der Waals surface area (Å²) in [6.07, 6.45) is 7.87. The number of rotatable bonds is 3. The van der Waals surface area contributed by atoms with Crippen molar-refractivity contribution in [2.45, 2.75) is 38.3 Å². The van der Waals surface area contributed by atoms with Gasteiger partial charge in [0.2, 0.25) is 0 Å². The third-order valence-corrected chi connectivity index (χ3v) is 3.40. The number of nitrogens with zero attached hydrogens (tertiary/aromatic N) is 5. The van der Waals surface area contributed by atoms with Crippen molar-refractivity contribution >= 4 is 0 Å². The first-order valence-corrected chi connectivity index (χ1v) is 6.07. The van der Waals surface area contributed by atoms with E-state index in [0.717, 1.165) is 30.7 Å². The lowest BCUT2D eigenvalue weighted by Gasteiger charge is -2.36. The normalized spacial score (nSPS) is 17.4. The lowest BCUT2D eigenvalue weighted by Crippen LogP contribution is -2.41. The average molecular weight is 245 g/mol. The van der Waals surface area contributed by atoms with Crippen molar-refractivity contribution in [3.63, 3.8) is 0 Å². The highest BCUT2D eigenvalue weighted by Crippen LogP contribution is 2.33. The van der Waals surface area contributed by atoms with Gasteiger partial charge in [-0.3, -0.25) is 9.97 Å². The molecule has 6 nitrogen and oxygen atoms in total. The minimum Gasteiger partial charge on any atom is -0.388 e. The van der Waals surface area contributed by atoms with Crippen molar-refractivity contribution in [3.8, 4) is 11.4 Å². The van der Waals surface area contributed by atoms with E-state index in [1.165, 1.54) is 0 Å². The summed E-state index contributed by atoms with van der Waals surface area (Å²) in [5, 5.41) is 18.2. The molecule has 0 aliphatic heterocycles. The zero-order valence-corrected chi connectivity index (χ0v) is 10.2. The third-order valence-electron chi connectivity index (χ3n) is 3.40. The minimum absolute atomic E-state index is 0.499. The summed E-state index contributed by atoms with van der Waals surface area (Å²) in [5.74, 6) is 0. The lowest BCUT2D eigenvalue weighted by atomic mass is 9.80. The molecule has 2 heterocycles. The summed E-state index contributed by atoms with van der Waals surface area (Å²) in [6, 6.07) is 0. The van der Waals surface area contributed by atoms with Crippen LogP contribution in [0.5, 0.6) is 0 Å². The Morgan fingerprint density at radius 2 is 2.11 bits per heavy atom. The third kappa shape index (κ3) is 1.99. The van der Waals surface area contributed by atoms with E-state index >= 15 is 0 Å². The van der Waals surface area contributed by atoms with E-state index in [0.29, 0.717) is 12.2 Å². The standard InChI is InChI=1S/C12H15N5O/c1-9-11(14-6-5-13-9)10-7-17(16-15-10)8-12(18)3-2-4-12/h5-7,18H,2-4,8H2,1H3. The van der Waals surface area contributed by atoms with Crippen LogP contribution in [0.1, 0.15) is 25.0 Å². The van der Waals surface area contributed by atoms with Crippen LogP contribution >= 0.6 is 0 Å². The van der Waals surface area contributed by atoms with E-state index in [4.69, 9.17) is 0 Å². The molecule has 6 heteroatoms. The first-order chi connectivity index (χ1) is 8.66. The van der Waals surface area contributed by atoms with Crippen LogP contribution in [0.15, 0.2) is 18.6 Å². The Hall–Kier alpha value is -1.82. The maximum Gasteiger partial charge on any atom is 0.133 e. The molecule has 2 aromatic rings. The second kappa shape index (κ2) is 4.13. The van der Waals surface area contributed by atoms with Crippen LogP contribution in [0.25, 0.3) is 11.4 Å². The van der Waals surface area contributed by atoms with E-state index < -0.39 is 5.60 Å². The second-order valence-corrected chi connectivity index (χ2v) is 4.87. The van der Waals surface area contributed by atoms with E-state index in [1.807, 2.05) is 13.1 Å². The number of hydrogen-bond donors (Lipinski definition) is 1. The van der Waals surface area contributed by atoms with Crippen LogP contribution in [-0.2, 0) is 6.54 Å². The number of aromatic nitrogens is 5. The van der Waals surface area contributed by atoms with Gasteiger partial charge in [0.1, 0.15) is 11.4 Å². The Kier molecular flexibility index (Phi) is 2.59. The zero-order chi connectivity index (χ0) is 12.6. The molecule has 1 aliphatic rings. The summed E-state index contributed by atoms with van der Waals surface area (Å²) in [6.45, 7) is 2.39. The highest BCUT2D eigenvalue weighted by atomic mass is 16.3. The molecule has 0 saturated heterocycles. The predicted molar refractivity (Wildman–Crippen MR) is 64.6 cm³/mol. The van der Waals surface area contributed by atoms with E-state index in [2.05, 4.69) is 20.3 Å². The molecule has 1 saturated carbocycles. The first-order valence-electron chi connectivity index (χ1n) is 6.07. The van der Waals surface area contributed by atoms with Crippen LogP contribution in [0.3, 0.4) is 0 Å². The molecule has 18 heavy (non-hydrogen) atoms. The van der Waals surface area contributed by atoms with Crippen LogP contribution < -0.4 is 0 Å². The Bertz CT molecular complexity index is 561. The molecule has 94 valence electrons. The molecule has 1 N–H and O–H groups in total. The summed E-state index contributed by atoms with van der Waals surface area (Å²) in [4.78, 5) is 8.43. The second-order valence-electron chi connectivity index (χ2n) is 4.87. The van der Waals surface area contributed by atoms with E-state index in [1.54, 1.807) is 17.1 Å². The first kappa shape index (κ1) is 11.3. The molecule has 0 aromatic carbocycles.